The maximum absolute atomic E-state index is 12.2. The molecule has 0 N–H and O–H groups in total. The maximum atomic E-state index is 12.2. The number of hydrogen-bond acceptors (Lipinski definition) is 3. The Morgan fingerprint density at radius 1 is 1.11 bits per heavy atom. The van der Waals surface area contributed by atoms with Gasteiger partial charge in [-0.3, -0.25) is 4.79 Å². The van der Waals surface area contributed by atoms with Crippen molar-refractivity contribution in [3.8, 4) is 0 Å². The molecule has 0 radical (unpaired) electrons. The molecule has 0 amide bonds. The average Bonchev–Trinajstić information content (AvgIpc) is 2.88. The van der Waals surface area contributed by atoms with Gasteiger partial charge in [-0.25, -0.2) is 0 Å². The highest BCUT2D eigenvalue weighted by molar-refractivity contribution is 6.74. The molecule has 0 aliphatic heterocycles. The van der Waals surface area contributed by atoms with Crippen LogP contribution in [0.15, 0.2) is 0 Å². The highest BCUT2D eigenvalue weighted by Gasteiger charge is 2.54. The number of carbonyl (C=O) groups excluding carboxylic acids is 1. The Bertz CT molecular complexity index is 557. The fourth-order valence-electron chi connectivity index (χ4n) is 5.33. The zero-order valence-electron chi connectivity index (χ0n) is 20.3. The molecule has 2 rings (SSSR count). The third-order valence-corrected chi connectivity index (χ3v) is 12.7. The van der Waals surface area contributed by atoms with Crippen molar-refractivity contribution in [2.24, 2.45) is 28.6 Å². The Labute approximate surface area is 175 Å². The largest absolute Gasteiger partial charge is 0.465 e. The second-order valence-electron chi connectivity index (χ2n) is 12.4. The summed E-state index contributed by atoms with van der Waals surface area (Å²) in [6.07, 6.45) is 6.68. The van der Waals surface area contributed by atoms with Gasteiger partial charge < -0.3 is 9.16 Å². The molecule has 28 heavy (non-hydrogen) atoms. The van der Waals surface area contributed by atoms with Gasteiger partial charge in [0.1, 0.15) is 0 Å². The van der Waals surface area contributed by atoms with Gasteiger partial charge >= 0.3 is 5.97 Å². The summed E-state index contributed by atoms with van der Waals surface area (Å²) in [5.74, 6) is 1.60. The lowest BCUT2D eigenvalue weighted by Gasteiger charge is -2.49. The zero-order chi connectivity index (χ0) is 21.5. The van der Waals surface area contributed by atoms with Crippen LogP contribution < -0.4 is 0 Å². The normalized spacial score (nSPS) is 32.7. The summed E-state index contributed by atoms with van der Waals surface area (Å²) in [6.45, 7) is 22.9. The lowest BCUT2D eigenvalue weighted by atomic mass is 9.62. The molecular formula is C24H46O3Si. The van der Waals surface area contributed by atoms with E-state index in [9.17, 15) is 4.79 Å². The molecule has 2 saturated carbocycles. The van der Waals surface area contributed by atoms with Crippen LogP contribution in [-0.4, -0.2) is 27.0 Å². The Morgan fingerprint density at radius 2 is 1.71 bits per heavy atom. The van der Waals surface area contributed by atoms with E-state index in [0.717, 1.165) is 0 Å². The molecule has 0 spiro atoms. The highest BCUT2D eigenvalue weighted by atomic mass is 28.4. The molecule has 2 aliphatic rings. The number of esters is 1. The first kappa shape index (κ1) is 23.9. The van der Waals surface area contributed by atoms with Gasteiger partial charge in [0.05, 0.1) is 12.0 Å². The summed E-state index contributed by atoms with van der Waals surface area (Å²) in [7, 11) is -1.75. The first-order chi connectivity index (χ1) is 12.6. The first-order valence-electron chi connectivity index (χ1n) is 11.4. The van der Waals surface area contributed by atoms with Gasteiger partial charge in [-0.15, -0.1) is 0 Å². The molecule has 3 nitrogen and oxygen atoms in total. The molecule has 164 valence electrons. The van der Waals surface area contributed by atoms with Crippen molar-refractivity contribution < 1.29 is 14.0 Å². The van der Waals surface area contributed by atoms with Crippen molar-refractivity contribution in [2.75, 3.05) is 6.61 Å². The summed E-state index contributed by atoms with van der Waals surface area (Å²) in [5.41, 5.74) is -0.104. The van der Waals surface area contributed by atoms with Gasteiger partial charge in [0.25, 0.3) is 0 Å². The van der Waals surface area contributed by atoms with Crippen molar-refractivity contribution in [3.63, 3.8) is 0 Å². The lowest BCUT2D eigenvalue weighted by Crippen LogP contribution is -2.50. The van der Waals surface area contributed by atoms with Gasteiger partial charge in [0.2, 0.25) is 0 Å². The zero-order valence-corrected chi connectivity index (χ0v) is 21.3. The summed E-state index contributed by atoms with van der Waals surface area (Å²) >= 11 is 0. The molecule has 5 atom stereocenters. The SMILES string of the molecule is C[C@@H](COC(=O)C(C)(C)C)[C@@H]1CC[C@H]2[C@@H](O[Si](C)(C)C(C)(C)C)CCC[C@@]21C. The van der Waals surface area contributed by atoms with Crippen LogP contribution in [0.1, 0.15) is 87.5 Å². The molecule has 0 aromatic rings. The molecule has 2 aliphatic carbocycles. The quantitative estimate of drug-likeness (QED) is 0.368. The summed E-state index contributed by atoms with van der Waals surface area (Å²) in [5, 5.41) is 0.257. The van der Waals surface area contributed by atoms with Crippen molar-refractivity contribution in [1.82, 2.24) is 0 Å². The monoisotopic (exact) mass is 410 g/mol. The van der Waals surface area contributed by atoms with Gasteiger partial charge in [-0.1, -0.05) is 41.0 Å². The minimum atomic E-state index is -1.75. The Balaban J connectivity index is 2.07. The molecule has 4 heteroatoms. The van der Waals surface area contributed by atoms with Gasteiger partial charge in [-0.2, -0.15) is 0 Å². The molecule has 0 saturated heterocycles. The van der Waals surface area contributed by atoms with Crippen LogP contribution in [0.4, 0.5) is 0 Å². The van der Waals surface area contributed by atoms with E-state index in [1.165, 1.54) is 32.1 Å². The fraction of sp³-hybridized carbons (Fsp3) is 0.958. The molecule has 0 aromatic carbocycles. The van der Waals surface area contributed by atoms with Gasteiger partial charge in [-0.05, 0) is 87.8 Å². The molecule has 0 bridgehead atoms. The summed E-state index contributed by atoms with van der Waals surface area (Å²) in [6, 6.07) is 0. The molecule has 2 fully saturated rings. The van der Waals surface area contributed by atoms with E-state index in [0.29, 0.717) is 35.9 Å². The topological polar surface area (TPSA) is 35.5 Å². The van der Waals surface area contributed by atoms with E-state index in [1.54, 1.807) is 0 Å². The van der Waals surface area contributed by atoms with Crippen molar-refractivity contribution >= 4 is 14.3 Å². The Kier molecular flexibility index (Phi) is 6.88. The smallest absolute Gasteiger partial charge is 0.311 e. The third-order valence-electron chi connectivity index (χ3n) is 8.16. The van der Waals surface area contributed by atoms with Crippen LogP contribution >= 0.6 is 0 Å². The van der Waals surface area contributed by atoms with E-state index in [-0.39, 0.29) is 11.0 Å². The Hall–Kier alpha value is -0.353. The molecular weight excluding hydrogens is 364 g/mol. The highest BCUT2D eigenvalue weighted by Crippen LogP contribution is 2.59. The number of hydrogen-bond donors (Lipinski definition) is 0. The van der Waals surface area contributed by atoms with Crippen LogP contribution in [0.2, 0.25) is 18.1 Å². The van der Waals surface area contributed by atoms with Crippen LogP contribution in [0.3, 0.4) is 0 Å². The predicted molar refractivity (Wildman–Crippen MR) is 120 cm³/mol. The maximum Gasteiger partial charge on any atom is 0.311 e. The number of fused-ring (bicyclic) bond motifs is 1. The van der Waals surface area contributed by atoms with Gasteiger partial charge in [0.15, 0.2) is 8.32 Å². The second kappa shape index (κ2) is 8.06. The lowest BCUT2D eigenvalue weighted by molar-refractivity contribution is -0.155. The van der Waals surface area contributed by atoms with Crippen LogP contribution in [0.5, 0.6) is 0 Å². The number of ether oxygens (including phenoxy) is 1. The minimum Gasteiger partial charge on any atom is -0.465 e. The van der Waals surface area contributed by atoms with E-state index in [2.05, 4.69) is 47.7 Å². The number of carbonyl (C=O) groups is 1. The molecule has 0 heterocycles. The van der Waals surface area contributed by atoms with Crippen molar-refractivity contribution in [2.45, 2.75) is 112 Å². The molecule has 0 unspecified atom stereocenters. The fourth-order valence-corrected chi connectivity index (χ4v) is 6.72. The Morgan fingerprint density at radius 3 is 2.25 bits per heavy atom. The molecule has 0 aromatic heterocycles. The van der Waals surface area contributed by atoms with E-state index < -0.39 is 13.7 Å². The summed E-state index contributed by atoms with van der Waals surface area (Å²) in [4.78, 5) is 12.2. The third kappa shape index (κ3) is 4.86. The average molecular weight is 411 g/mol. The second-order valence-corrected chi connectivity index (χ2v) is 17.2. The van der Waals surface area contributed by atoms with E-state index >= 15 is 0 Å². The standard InChI is InChI=1S/C24H46O3Si/c1-17(16-26-21(25)22(2,3)4)18-13-14-19-20(12-11-15-24(18,19)8)27-28(9,10)23(5,6)7/h17-20H,11-16H2,1-10H3/t17-,18-,19-,20-,24+/m0/s1. The van der Waals surface area contributed by atoms with Crippen LogP contribution in [-0.2, 0) is 14.0 Å². The van der Waals surface area contributed by atoms with Crippen molar-refractivity contribution in [3.05, 3.63) is 0 Å². The predicted octanol–water partition coefficient (Wildman–Crippen LogP) is 6.82. The van der Waals surface area contributed by atoms with E-state index in [1.807, 2.05) is 20.8 Å². The first-order valence-corrected chi connectivity index (χ1v) is 14.4. The summed E-state index contributed by atoms with van der Waals surface area (Å²) < 4.78 is 12.6. The minimum absolute atomic E-state index is 0.0816. The number of rotatable bonds is 5. The van der Waals surface area contributed by atoms with Crippen LogP contribution in [0, 0.1) is 28.6 Å². The van der Waals surface area contributed by atoms with E-state index in [4.69, 9.17) is 9.16 Å². The van der Waals surface area contributed by atoms with Gasteiger partial charge in [0, 0.05) is 6.10 Å². The van der Waals surface area contributed by atoms with Crippen molar-refractivity contribution in [1.29, 1.82) is 0 Å². The van der Waals surface area contributed by atoms with Crippen LogP contribution in [0.25, 0.3) is 0 Å².